The molecule has 1 heterocycles. The van der Waals surface area contributed by atoms with Gasteiger partial charge in [0.2, 0.25) is 0 Å². The number of nitrogens with two attached hydrogens (primary N) is 1. The van der Waals surface area contributed by atoms with Crippen molar-refractivity contribution >= 4 is 23.1 Å². The van der Waals surface area contributed by atoms with Crippen LogP contribution in [0.1, 0.15) is 60.4 Å². The van der Waals surface area contributed by atoms with Crippen molar-refractivity contribution in [2.45, 2.75) is 59.2 Å². The Morgan fingerprint density at radius 2 is 1.82 bits per heavy atom. The van der Waals surface area contributed by atoms with Gasteiger partial charge in [-0.3, -0.25) is 9.69 Å². The van der Waals surface area contributed by atoms with Gasteiger partial charge in [-0.05, 0) is 72.7 Å². The lowest BCUT2D eigenvalue weighted by molar-refractivity contribution is -0.137. The van der Waals surface area contributed by atoms with E-state index in [1.54, 1.807) is 0 Å². The lowest BCUT2D eigenvalue weighted by Crippen LogP contribution is -2.42. The summed E-state index contributed by atoms with van der Waals surface area (Å²) in [5.74, 6) is -1.54. The minimum Gasteiger partial charge on any atom is -0.487 e. The number of nitriles is 1. The number of aryl methyl sites for hydroxylation is 1. The van der Waals surface area contributed by atoms with Gasteiger partial charge in [0.05, 0.1) is 33.8 Å². The number of benzene rings is 3. The summed E-state index contributed by atoms with van der Waals surface area (Å²) in [6.45, 7) is 7.49. The maximum Gasteiger partial charge on any atom is 0.418 e. The number of ether oxygens (including phenoxy) is 1. The molecule has 1 aliphatic carbocycles. The van der Waals surface area contributed by atoms with E-state index in [2.05, 4.69) is 6.07 Å². The third kappa shape index (κ3) is 5.67. The molecule has 44 heavy (non-hydrogen) atoms. The Balaban J connectivity index is 1.70. The Morgan fingerprint density at radius 3 is 2.48 bits per heavy atom. The number of para-hydroxylation sites is 1. The molecule has 10 heteroatoms. The van der Waals surface area contributed by atoms with Gasteiger partial charge >= 0.3 is 6.18 Å². The molecule has 1 atom stereocenters. The fourth-order valence-electron chi connectivity index (χ4n) is 6.16. The molecule has 5 nitrogen and oxygen atoms in total. The first kappa shape index (κ1) is 31.1. The topological polar surface area (TPSA) is 79.3 Å². The van der Waals surface area contributed by atoms with E-state index in [1.165, 1.54) is 35.2 Å². The van der Waals surface area contributed by atoms with Gasteiger partial charge in [0, 0.05) is 17.7 Å². The van der Waals surface area contributed by atoms with E-state index in [0.717, 1.165) is 23.3 Å². The molecule has 5 rings (SSSR count). The zero-order chi connectivity index (χ0) is 32.1. The van der Waals surface area contributed by atoms with E-state index < -0.39 is 28.9 Å². The normalized spacial score (nSPS) is 18.3. The monoisotopic (exact) mass is 623 g/mol. The fourth-order valence-corrected chi connectivity index (χ4v) is 6.39. The standard InChI is InChI=1S/C34H30ClF4N3O2/c1-18-11-20(17-44-29-10-9-21(36)13-25(29)35)19(2)22(12-18)30-23(16-40)32(41)42(26-8-6-5-7-24(26)34(37,38)39)27-14-33(3,4)15-28(43)31(27)30/h5-13,30H,14-15,17,41H2,1-4H3. The van der Waals surface area contributed by atoms with Crippen LogP contribution in [0.3, 0.4) is 0 Å². The van der Waals surface area contributed by atoms with Crippen LogP contribution in [-0.4, -0.2) is 5.78 Å². The number of halogens is 5. The smallest absolute Gasteiger partial charge is 0.418 e. The lowest BCUT2D eigenvalue weighted by Gasteiger charge is -2.44. The maximum atomic E-state index is 14.2. The number of anilines is 1. The summed E-state index contributed by atoms with van der Waals surface area (Å²) in [4.78, 5) is 15.2. The first-order valence-electron chi connectivity index (χ1n) is 13.9. The van der Waals surface area contributed by atoms with Gasteiger partial charge in [0.25, 0.3) is 0 Å². The summed E-state index contributed by atoms with van der Waals surface area (Å²) in [6, 6.07) is 14.7. The van der Waals surface area contributed by atoms with E-state index in [0.29, 0.717) is 16.8 Å². The van der Waals surface area contributed by atoms with Crippen LogP contribution in [0.4, 0.5) is 23.2 Å². The number of carbonyl (C=O) groups excluding carboxylic acids is 1. The molecular formula is C34H30ClF4N3O2. The molecule has 0 radical (unpaired) electrons. The Hall–Kier alpha value is -4.29. The molecule has 3 aromatic rings. The quantitative estimate of drug-likeness (QED) is 0.288. The minimum atomic E-state index is -4.70. The minimum absolute atomic E-state index is 0.0177. The molecule has 2 aliphatic rings. The van der Waals surface area contributed by atoms with Crippen LogP contribution >= 0.6 is 11.6 Å². The molecule has 0 saturated carbocycles. The van der Waals surface area contributed by atoms with Crippen molar-refractivity contribution in [3.8, 4) is 11.8 Å². The van der Waals surface area contributed by atoms with Crippen LogP contribution in [0.25, 0.3) is 0 Å². The summed E-state index contributed by atoms with van der Waals surface area (Å²) in [6.07, 6.45) is -4.29. The van der Waals surface area contributed by atoms with Crippen LogP contribution < -0.4 is 15.4 Å². The summed E-state index contributed by atoms with van der Waals surface area (Å²) in [7, 11) is 0. The van der Waals surface area contributed by atoms with Crippen molar-refractivity contribution in [3.63, 3.8) is 0 Å². The fraction of sp³-hybridized carbons (Fsp3) is 0.294. The molecule has 3 aromatic carbocycles. The van der Waals surface area contributed by atoms with Crippen LogP contribution in [-0.2, 0) is 17.6 Å². The predicted molar refractivity (Wildman–Crippen MR) is 160 cm³/mol. The Labute approximate surface area is 258 Å². The molecule has 0 bridgehead atoms. The first-order valence-corrected chi connectivity index (χ1v) is 14.3. The molecule has 0 fully saturated rings. The molecule has 0 aromatic heterocycles. The number of nitrogens with zero attached hydrogens (tertiary/aromatic N) is 2. The molecule has 2 N–H and O–H groups in total. The second kappa shape index (κ2) is 11.3. The second-order valence-corrected chi connectivity index (χ2v) is 12.4. The third-order valence-corrected chi connectivity index (χ3v) is 8.41. The number of alkyl halides is 3. The van der Waals surface area contributed by atoms with Gasteiger partial charge in [-0.1, -0.05) is 55.3 Å². The Kier molecular flexibility index (Phi) is 8.02. The Bertz CT molecular complexity index is 1790. The molecule has 0 saturated heterocycles. The molecular weight excluding hydrogens is 594 g/mol. The van der Waals surface area contributed by atoms with E-state index in [1.807, 2.05) is 39.8 Å². The van der Waals surface area contributed by atoms with Crippen molar-refractivity contribution < 1.29 is 27.1 Å². The van der Waals surface area contributed by atoms with Gasteiger partial charge in [0.1, 0.15) is 24.0 Å². The lowest BCUT2D eigenvalue weighted by atomic mass is 9.67. The van der Waals surface area contributed by atoms with E-state index in [-0.39, 0.29) is 58.7 Å². The molecule has 1 unspecified atom stereocenters. The SMILES string of the molecule is Cc1cc(COc2ccc(F)cc2Cl)c(C)c(C2C(C#N)=C(N)N(c3ccccc3C(F)(F)F)C3=C2C(=O)CC(C)(C)C3)c1. The number of rotatable bonds is 5. The number of allylic oxidation sites excluding steroid dienone is 3. The summed E-state index contributed by atoms with van der Waals surface area (Å²) in [5.41, 5.74) is 8.37. The average molecular weight is 624 g/mol. The molecule has 0 spiro atoms. The molecule has 1 aliphatic heterocycles. The highest BCUT2D eigenvalue weighted by molar-refractivity contribution is 6.32. The van der Waals surface area contributed by atoms with E-state index in [9.17, 15) is 27.6 Å². The number of ketones is 1. The van der Waals surface area contributed by atoms with Crippen LogP contribution in [0, 0.1) is 36.4 Å². The maximum absolute atomic E-state index is 14.2. The van der Waals surface area contributed by atoms with Crippen LogP contribution in [0.15, 0.2) is 77.3 Å². The van der Waals surface area contributed by atoms with Crippen molar-refractivity contribution in [1.29, 1.82) is 5.26 Å². The van der Waals surface area contributed by atoms with Crippen molar-refractivity contribution in [3.05, 3.63) is 116 Å². The van der Waals surface area contributed by atoms with E-state index in [4.69, 9.17) is 22.1 Å². The third-order valence-electron chi connectivity index (χ3n) is 8.12. The van der Waals surface area contributed by atoms with Crippen LogP contribution in [0.5, 0.6) is 5.75 Å². The number of hydrogen-bond acceptors (Lipinski definition) is 5. The second-order valence-electron chi connectivity index (χ2n) is 12.0. The summed E-state index contributed by atoms with van der Waals surface area (Å²) in [5, 5.41) is 10.6. The first-order chi connectivity index (χ1) is 20.6. The number of Topliss-reactive ketones (excluding diaryl/α,β-unsaturated/α-hetero) is 1. The zero-order valence-electron chi connectivity index (χ0n) is 24.6. The van der Waals surface area contributed by atoms with Crippen LogP contribution in [0.2, 0.25) is 5.02 Å². The highest BCUT2D eigenvalue weighted by Gasteiger charge is 2.47. The average Bonchev–Trinajstić information content (AvgIpc) is 2.92. The number of carbonyl (C=O) groups is 1. The van der Waals surface area contributed by atoms with Gasteiger partial charge < -0.3 is 10.5 Å². The van der Waals surface area contributed by atoms with Crippen molar-refractivity contribution in [2.75, 3.05) is 4.90 Å². The molecule has 0 amide bonds. The summed E-state index contributed by atoms with van der Waals surface area (Å²) < 4.78 is 62.1. The zero-order valence-corrected chi connectivity index (χ0v) is 25.3. The van der Waals surface area contributed by atoms with Crippen molar-refractivity contribution in [1.82, 2.24) is 0 Å². The summed E-state index contributed by atoms with van der Waals surface area (Å²) >= 11 is 6.15. The van der Waals surface area contributed by atoms with Gasteiger partial charge in [-0.2, -0.15) is 18.4 Å². The predicted octanol–water partition coefficient (Wildman–Crippen LogP) is 8.63. The Morgan fingerprint density at radius 1 is 1.11 bits per heavy atom. The molecule has 228 valence electrons. The highest BCUT2D eigenvalue weighted by Crippen LogP contribution is 2.52. The highest BCUT2D eigenvalue weighted by atomic mass is 35.5. The van der Waals surface area contributed by atoms with Crippen molar-refractivity contribution in [2.24, 2.45) is 11.1 Å². The van der Waals surface area contributed by atoms with Gasteiger partial charge in [-0.15, -0.1) is 0 Å². The largest absolute Gasteiger partial charge is 0.487 e. The van der Waals surface area contributed by atoms with Gasteiger partial charge in [-0.25, -0.2) is 4.39 Å². The van der Waals surface area contributed by atoms with E-state index >= 15 is 0 Å². The van der Waals surface area contributed by atoms with Gasteiger partial charge in [0.15, 0.2) is 5.78 Å². The number of hydrogen-bond donors (Lipinski definition) is 1.